The van der Waals surface area contributed by atoms with Crippen LogP contribution in [0.15, 0.2) is 42.5 Å². The summed E-state index contributed by atoms with van der Waals surface area (Å²) in [6.45, 7) is 2.26. The van der Waals surface area contributed by atoms with E-state index in [1.165, 1.54) is 24.9 Å². The van der Waals surface area contributed by atoms with E-state index in [0.717, 1.165) is 55.0 Å². The number of carbonyl (C=O) groups is 1. The fraction of sp³-hybridized carbons (Fsp3) is 0.500. The van der Waals surface area contributed by atoms with E-state index in [-0.39, 0.29) is 23.5 Å². The molecule has 0 radical (unpaired) electrons. The minimum Gasteiger partial charge on any atom is -0.508 e. The van der Waals surface area contributed by atoms with Gasteiger partial charge in [-0.05, 0) is 81.2 Å². The minimum atomic E-state index is -0.158. The third-order valence-corrected chi connectivity index (χ3v) is 9.52. The maximum absolute atomic E-state index is 13.2. The standard InChI is InChI=1S/C30H32N2O3/c1-31(27(34)14-9-19-5-3-2-4-6-19)23-11-10-22-24-17-21-25(33)12-13-26-28(21)30(22,29(23)35-26)15-16-32(24)18-20-7-8-20/h2-6,12-13,20,22-24,29,33H,7-8,10-11,15-18H2,1H3/t22-,23+,24+,29-,30-/m0/s1. The minimum absolute atomic E-state index is 0.0278. The van der Waals surface area contributed by atoms with Crippen molar-refractivity contribution in [2.24, 2.45) is 11.8 Å². The van der Waals surface area contributed by atoms with Crippen LogP contribution < -0.4 is 4.74 Å². The van der Waals surface area contributed by atoms with Crippen LogP contribution >= 0.6 is 0 Å². The number of likely N-dealkylation sites (N-methyl/N-ethyl adjacent to an activating group) is 1. The van der Waals surface area contributed by atoms with Gasteiger partial charge in [-0.15, -0.1) is 0 Å². The number of amides is 1. The van der Waals surface area contributed by atoms with Crippen molar-refractivity contribution < 1.29 is 14.6 Å². The van der Waals surface area contributed by atoms with Crippen molar-refractivity contribution in [3.05, 3.63) is 59.2 Å². The number of nitrogens with zero attached hydrogens (tertiary/aromatic N) is 2. The number of aromatic hydroxyl groups is 1. The number of ether oxygens (including phenoxy) is 1. The van der Waals surface area contributed by atoms with Gasteiger partial charge in [0.2, 0.25) is 0 Å². The number of phenolic OH excluding ortho intramolecular Hbond substituents is 1. The predicted molar refractivity (Wildman–Crippen MR) is 133 cm³/mol. The first-order valence-corrected chi connectivity index (χ1v) is 13.2. The molecule has 2 saturated carbocycles. The first-order valence-electron chi connectivity index (χ1n) is 13.2. The van der Waals surface area contributed by atoms with E-state index < -0.39 is 0 Å². The summed E-state index contributed by atoms with van der Waals surface area (Å²) in [4.78, 5) is 17.7. The van der Waals surface area contributed by atoms with Crippen molar-refractivity contribution in [2.75, 3.05) is 20.1 Å². The Bertz CT molecular complexity index is 1240. The van der Waals surface area contributed by atoms with Gasteiger partial charge in [0.1, 0.15) is 17.6 Å². The number of likely N-dealkylation sites (tertiary alicyclic amines) is 1. The van der Waals surface area contributed by atoms with Crippen molar-refractivity contribution in [2.45, 2.75) is 62.1 Å². The summed E-state index contributed by atoms with van der Waals surface area (Å²) >= 11 is 0. The van der Waals surface area contributed by atoms with Gasteiger partial charge in [0.15, 0.2) is 0 Å². The Morgan fingerprint density at radius 3 is 2.80 bits per heavy atom. The molecular formula is C30H32N2O3. The normalized spacial score (nSPS) is 32.1. The van der Waals surface area contributed by atoms with Crippen LogP contribution in [0.1, 0.15) is 48.8 Å². The van der Waals surface area contributed by atoms with E-state index >= 15 is 0 Å². The van der Waals surface area contributed by atoms with Crippen molar-refractivity contribution in [3.8, 4) is 23.3 Å². The van der Waals surface area contributed by atoms with Crippen LogP contribution in [0.5, 0.6) is 11.5 Å². The summed E-state index contributed by atoms with van der Waals surface area (Å²) in [7, 11) is 1.89. The van der Waals surface area contributed by atoms with Gasteiger partial charge in [-0.25, -0.2) is 0 Å². The lowest BCUT2D eigenvalue weighted by Crippen LogP contribution is -2.69. The van der Waals surface area contributed by atoms with Gasteiger partial charge >= 0.3 is 0 Å². The lowest BCUT2D eigenvalue weighted by atomic mass is 9.51. The second kappa shape index (κ2) is 7.77. The molecule has 1 amide bonds. The largest absolute Gasteiger partial charge is 0.508 e. The maximum Gasteiger partial charge on any atom is 0.298 e. The van der Waals surface area contributed by atoms with Gasteiger partial charge in [0, 0.05) is 47.7 Å². The molecule has 1 spiro atoms. The molecule has 35 heavy (non-hydrogen) atoms. The Hall–Kier alpha value is -2.97. The van der Waals surface area contributed by atoms with E-state index in [4.69, 9.17) is 4.74 Å². The second-order valence-electron chi connectivity index (χ2n) is 11.3. The van der Waals surface area contributed by atoms with Gasteiger partial charge in [-0.2, -0.15) is 0 Å². The number of piperidine rings is 1. The molecule has 5 heteroatoms. The number of hydrogen-bond donors (Lipinski definition) is 1. The molecule has 180 valence electrons. The third kappa shape index (κ3) is 3.16. The summed E-state index contributed by atoms with van der Waals surface area (Å²) in [6.07, 6.45) is 6.57. The highest BCUT2D eigenvalue weighted by Crippen LogP contribution is 2.63. The number of carbonyl (C=O) groups excluding carboxylic acids is 1. The van der Waals surface area contributed by atoms with Gasteiger partial charge in [0.25, 0.3) is 5.91 Å². The zero-order valence-electron chi connectivity index (χ0n) is 20.2. The van der Waals surface area contributed by atoms with E-state index in [1.807, 2.05) is 48.3 Å². The first kappa shape index (κ1) is 21.3. The molecule has 5 atom stereocenters. The van der Waals surface area contributed by atoms with Crippen molar-refractivity contribution in [1.82, 2.24) is 9.80 Å². The van der Waals surface area contributed by atoms with Crippen LogP contribution in [0.4, 0.5) is 0 Å². The van der Waals surface area contributed by atoms with Crippen LogP contribution in [-0.4, -0.2) is 59.1 Å². The monoisotopic (exact) mass is 468 g/mol. The molecule has 1 N–H and O–H groups in total. The quantitative estimate of drug-likeness (QED) is 0.698. The first-order chi connectivity index (χ1) is 17.1. The van der Waals surface area contributed by atoms with Gasteiger partial charge in [-0.1, -0.05) is 24.1 Å². The summed E-state index contributed by atoms with van der Waals surface area (Å²) in [5.74, 6) is 8.42. The second-order valence-corrected chi connectivity index (χ2v) is 11.3. The number of hydrogen-bond acceptors (Lipinski definition) is 4. The van der Waals surface area contributed by atoms with Crippen LogP contribution in [0, 0.1) is 23.7 Å². The van der Waals surface area contributed by atoms with Crippen LogP contribution in [0.25, 0.3) is 0 Å². The Kier molecular flexibility index (Phi) is 4.73. The van der Waals surface area contributed by atoms with Crippen LogP contribution in [0.2, 0.25) is 0 Å². The summed E-state index contributed by atoms with van der Waals surface area (Å²) < 4.78 is 6.74. The fourth-order valence-corrected chi connectivity index (χ4v) is 7.75. The number of benzene rings is 2. The van der Waals surface area contributed by atoms with E-state index in [0.29, 0.717) is 17.7 Å². The highest BCUT2D eigenvalue weighted by molar-refractivity contribution is 5.94. The average Bonchev–Trinajstić information content (AvgIpc) is 3.64. The Morgan fingerprint density at radius 1 is 1.17 bits per heavy atom. The van der Waals surface area contributed by atoms with Gasteiger partial charge in [0.05, 0.1) is 6.04 Å². The predicted octanol–water partition coefficient (Wildman–Crippen LogP) is 3.72. The molecule has 5 aliphatic rings. The smallest absolute Gasteiger partial charge is 0.298 e. The third-order valence-electron chi connectivity index (χ3n) is 9.52. The molecule has 3 aliphatic carbocycles. The molecule has 2 heterocycles. The molecule has 0 unspecified atom stereocenters. The van der Waals surface area contributed by atoms with Crippen molar-refractivity contribution in [1.29, 1.82) is 0 Å². The maximum atomic E-state index is 13.2. The summed E-state index contributed by atoms with van der Waals surface area (Å²) in [6, 6.07) is 13.8. The molecule has 2 aromatic carbocycles. The molecule has 2 bridgehead atoms. The summed E-state index contributed by atoms with van der Waals surface area (Å²) in [5, 5.41) is 10.9. The topological polar surface area (TPSA) is 53.0 Å². The average molecular weight is 469 g/mol. The molecule has 7 rings (SSSR count). The number of rotatable bonds is 3. The van der Waals surface area contributed by atoms with Crippen LogP contribution in [-0.2, 0) is 16.6 Å². The molecule has 1 saturated heterocycles. The summed E-state index contributed by atoms with van der Waals surface area (Å²) in [5.41, 5.74) is 3.05. The van der Waals surface area contributed by atoms with Crippen molar-refractivity contribution >= 4 is 5.91 Å². The SMILES string of the molecule is CN(C(=O)C#Cc1ccccc1)[C@@H]1CC[C@H]2[C@H]3Cc4c(O)ccc5c4[C@@]2(CCN3CC2CC2)[C@H]1O5. The van der Waals surface area contributed by atoms with E-state index in [1.54, 1.807) is 6.07 Å². The Labute approximate surface area is 207 Å². The van der Waals surface area contributed by atoms with Gasteiger partial charge < -0.3 is 14.7 Å². The molecule has 5 nitrogen and oxygen atoms in total. The molecular weight excluding hydrogens is 436 g/mol. The Morgan fingerprint density at radius 2 is 2.00 bits per heavy atom. The molecule has 2 aromatic rings. The lowest BCUT2D eigenvalue weighted by Gasteiger charge is -2.60. The zero-order valence-corrected chi connectivity index (χ0v) is 20.2. The highest BCUT2D eigenvalue weighted by Gasteiger charge is 2.66. The molecule has 2 aliphatic heterocycles. The fourth-order valence-electron chi connectivity index (χ4n) is 7.75. The highest BCUT2D eigenvalue weighted by atomic mass is 16.5. The molecule has 0 aromatic heterocycles. The van der Waals surface area contributed by atoms with E-state index in [9.17, 15) is 9.90 Å². The Balaban J connectivity index is 1.24. The van der Waals surface area contributed by atoms with Gasteiger partial charge in [-0.3, -0.25) is 9.69 Å². The zero-order chi connectivity index (χ0) is 23.7. The molecule has 3 fully saturated rings. The number of phenols is 1. The lowest BCUT2D eigenvalue weighted by molar-refractivity contribution is -0.134. The van der Waals surface area contributed by atoms with Crippen molar-refractivity contribution in [3.63, 3.8) is 0 Å². The van der Waals surface area contributed by atoms with E-state index in [2.05, 4.69) is 16.7 Å². The van der Waals surface area contributed by atoms with Crippen LogP contribution in [0.3, 0.4) is 0 Å².